The molecule has 9 heteroatoms. The van der Waals surface area contributed by atoms with E-state index in [4.69, 9.17) is 9.57 Å². The Bertz CT molecular complexity index is 978. The fourth-order valence-corrected chi connectivity index (χ4v) is 3.10. The van der Waals surface area contributed by atoms with Gasteiger partial charge < -0.3 is 19.6 Å². The third kappa shape index (κ3) is 6.25. The molecule has 6 nitrogen and oxygen atoms in total. The van der Waals surface area contributed by atoms with E-state index in [0.29, 0.717) is 23.4 Å². The maximum atomic E-state index is 14.4. The average molecular weight is 466 g/mol. The highest BCUT2D eigenvalue weighted by molar-refractivity contribution is 6.01. The Balaban J connectivity index is 2.63. The van der Waals surface area contributed by atoms with Crippen LogP contribution in [0.1, 0.15) is 37.0 Å². The van der Waals surface area contributed by atoms with E-state index >= 15 is 0 Å². The largest absolute Gasteiger partial charge is 0.496 e. The Hall–Kier alpha value is -3.07. The predicted molar refractivity (Wildman–Crippen MR) is 123 cm³/mol. The van der Waals surface area contributed by atoms with Gasteiger partial charge in [-0.25, -0.2) is 4.99 Å². The topological polar surface area (TPSA) is 66.7 Å². The van der Waals surface area contributed by atoms with Gasteiger partial charge in [0.15, 0.2) is 5.60 Å². The van der Waals surface area contributed by atoms with Crippen LogP contribution >= 0.6 is 0 Å². The van der Waals surface area contributed by atoms with Gasteiger partial charge in [0.2, 0.25) is 0 Å². The van der Waals surface area contributed by atoms with Crippen molar-refractivity contribution >= 4 is 17.7 Å². The summed E-state index contributed by atoms with van der Waals surface area (Å²) in [5, 5.41) is 15.0. The minimum atomic E-state index is -5.03. The number of oxime groups is 1. The summed E-state index contributed by atoms with van der Waals surface area (Å²) in [7, 11) is 3.08. The van der Waals surface area contributed by atoms with Crippen molar-refractivity contribution in [1.29, 1.82) is 0 Å². The number of nitrogens with zero attached hydrogens (tertiary/aromatic N) is 3. The first-order valence-corrected chi connectivity index (χ1v) is 10.5. The molecule has 0 aliphatic carbocycles. The molecule has 180 valence electrons. The Morgan fingerprint density at radius 1 is 1.15 bits per heavy atom. The monoisotopic (exact) mass is 465 g/mol. The fraction of sp³-hybridized carbons (Fsp3) is 0.417. The van der Waals surface area contributed by atoms with Crippen molar-refractivity contribution < 1.29 is 27.9 Å². The molecule has 2 aromatic rings. The second-order valence-electron chi connectivity index (χ2n) is 7.51. The van der Waals surface area contributed by atoms with Gasteiger partial charge in [-0.05, 0) is 38.0 Å². The van der Waals surface area contributed by atoms with Gasteiger partial charge in [-0.2, -0.15) is 13.2 Å². The molecule has 0 fully saturated rings. The van der Waals surface area contributed by atoms with Gasteiger partial charge >= 0.3 is 6.18 Å². The molecular weight excluding hydrogens is 435 g/mol. The van der Waals surface area contributed by atoms with Crippen molar-refractivity contribution in [3.05, 3.63) is 59.2 Å². The third-order valence-electron chi connectivity index (χ3n) is 5.16. The van der Waals surface area contributed by atoms with Crippen LogP contribution in [-0.4, -0.2) is 55.5 Å². The number of aliphatic hydroxyl groups is 1. The van der Waals surface area contributed by atoms with Crippen molar-refractivity contribution in [2.75, 3.05) is 27.3 Å². The summed E-state index contributed by atoms with van der Waals surface area (Å²) in [6.07, 6.45) is -4.31. The van der Waals surface area contributed by atoms with Gasteiger partial charge in [-0.15, -0.1) is 0 Å². The maximum absolute atomic E-state index is 14.4. The van der Waals surface area contributed by atoms with Crippen LogP contribution in [0.5, 0.6) is 5.75 Å². The molecule has 0 amide bonds. The van der Waals surface area contributed by atoms with Crippen LogP contribution in [0.15, 0.2) is 52.6 Å². The predicted octanol–water partition coefficient (Wildman–Crippen LogP) is 5.20. The SMILES string of the molecule is CCO/N=C(/CC(O)(c1cc(C)c(/N=C/N(C)CC)cc1OC)C(F)(F)F)c1ccccc1. The summed E-state index contributed by atoms with van der Waals surface area (Å²) in [6, 6.07) is 11.0. The van der Waals surface area contributed by atoms with Gasteiger partial charge in [0, 0.05) is 31.6 Å². The van der Waals surface area contributed by atoms with E-state index < -0.39 is 23.8 Å². The van der Waals surface area contributed by atoms with Crippen LogP contribution in [0.3, 0.4) is 0 Å². The number of alkyl halides is 3. The summed E-state index contributed by atoms with van der Waals surface area (Å²) >= 11 is 0. The standard InChI is InChI=1S/C24H30F3N3O3/c1-6-30(4)16-28-20-14-22(32-5)19(13-17(20)3)23(31,24(25,26)27)15-21(29-33-7-2)18-11-9-8-10-12-18/h8-14,16,31H,6-7,15H2,1-5H3/b28-16+,29-21-. The van der Waals surface area contributed by atoms with Crippen molar-refractivity contribution in [3.8, 4) is 5.75 Å². The Morgan fingerprint density at radius 3 is 2.36 bits per heavy atom. The summed E-state index contributed by atoms with van der Waals surface area (Å²) in [4.78, 5) is 11.2. The molecule has 0 saturated carbocycles. The lowest BCUT2D eigenvalue weighted by Crippen LogP contribution is -2.44. The van der Waals surface area contributed by atoms with E-state index in [2.05, 4.69) is 10.1 Å². The highest BCUT2D eigenvalue weighted by Crippen LogP contribution is 2.47. The number of aliphatic imine (C=N–C) groups is 1. The van der Waals surface area contributed by atoms with E-state index in [1.165, 1.54) is 19.2 Å². The number of rotatable bonds is 10. The van der Waals surface area contributed by atoms with E-state index in [-0.39, 0.29) is 18.1 Å². The molecule has 2 aromatic carbocycles. The highest BCUT2D eigenvalue weighted by atomic mass is 19.4. The second kappa shape index (κ2) is 11.2. The normalized spacial score (nSPS) is 14.3. The van der Waals surface area contributed by atoms with Gasteiger partial charge in [-0.3, -0.25) is 0 Å². The number of halogens is 3. The summed E-state index contributed by atoms with van der Waals surface area (Å²) in [6.45, 7) is 6.13. The van der Waals surface area contributed by atoms with Crippen LogP contribution < -0.4 is 4.74 Å². The van der Waals surface area contributed by atoms with Crippen LogP contribution in [0.4, 0.5) is 18.9 Å². The minimum absolute atomic E-state index is 0.0383. The molecule has 1 unspecified atom stereocenters. The number of ether oxygens (including phenoxy) is 1. The zero-order valence-corrected chi connectivity index (χ0v) is 19.5. The van der Waals surface area contributed by atoms with Crippen molar-refractivity contribution in [1.82, 2.24) is 4.90 Å². The Kier molecular flexibility index (Phi) is 8.87. The van der Waals surface area contributed by atoms with Gasteiger partial charge in [0.25, 0.3) is 0 Å². The minimum Gasteiger partial charge on any atom is -0.496 e. The molecule has 1 N–H and O–H groups in total. The molecule has 33 heavy (non-hydrogen) atoms. The van der Waals surface area contributed by atoms with Crippen LogP contribution in [-0.2, 0) is 10.4 Å². The first kappa shape index (κ1) is 26.2. The highest BCUT2D eigenvalue weighted by Gasteiger charge is 2.57. The molecule has 0 aliphatic heterocycles. The first-order valence-electron chi connectivity index (χ1n) is 10.5. The lowest BCUT2D eigenvalue weighted by molar-refractivity contribution is -0.264. The Morgan fingerprint density at radius 2 is 1.82 bits per heavy atom. The zero-order valence-electron chi connectivity index (χ0n) is 19.5. The van der Waals surface area contributed by atoms with Crippen LogP contribution in [0.2, 0.25) is 0 Å². The molecule has 1 atom stereocenters. The molecule has 0 radical (unpaired) electrons. The Labute approximate surface area is 192 Å². The summed E-state index contributed by atoms with van der Waals surface area (Å²) in [5.74, 6) is -0.129. The molecule has 0 bridgehead atoms. The number of benzene rings is 2. The average Bonchev–Trinajstić information content (AvgIpc) is 2.80. The molecule has 0 aromatic heterocycles. The van der Waals surface area contributed by atoms with Crippen molar-refractivity contribution in [3.63, 3.8) is 0 Å². The smallest absolute Gasteiger partial charge is 0.421 e. The fourth-order valence-electron chi connectivity index (χ4n) is 3.10. The second-order valence-corrected chi connectivity index (χ2v) is 7.51. The first-order chi connectivity index (χ1) is 15.6. The molecule has 0 heterocycles. The number of aryl methyl sites for hydroxylation is 1. The lowest BCUT2D eigenvalue weighted by atomic mass is 9.84. The van der Waals surface area contributed by atoms with Gasteiger partial charge in [0.1, 0.15) is 12.4 Å². The van der Waals surface area contributed by atoms with Crippen molar-refractivity contribution in [2.24, 2.45) is 10.1 Å². The number of hydrogen-bond donors (Lipinski definition) is 1. The third-order valence-corrected chi connectivity index (χ3v) is 5.16. The molecular formula is C24H30F3N3O3. The number of hydrogen-bond acceptors (Lipinski definition) is 5. The molecule has 2 rings (SSSR count). The van der Waals surface area contributed by atoms with Gasteiger partial charge in [0.05, 0.1) is 24.8 Å². The van der Waals surface area contributed by atoms with Crippen molar-refractivity contribution in [2.45, 2.75) is 39.0 Å². The van der Waals surface area contributed by atoms with Crippen LogP contribution in [0, 0.1) is 6.92 Å². The van der Waals surface area contributed by atoms with E-state index in [9.17, 15) is 18.3 Å². The molecule has 0 aliphatic rings. The summed E-state index contributed by atoms with van der Waals surface area (Å²) < 4.78 is 48.5. The molecule has 0 saturated heterocycles. The van der Waals surface area contributed by atoms with Crippen LogP contribution in [0.25, 0.3) is 0 Å². The van der Waals surface area contributed by atoms with E-state index in [1.807, 2.05) is 18.9 Å². The summed E-state index contributed by atoms with van der Waals surface area (Å²) in [5.41, 5.74) is -2.43. The number of methoxy groups -OCH3 is 1. The van der Waals surface area contributed by atoms with E-state index in [0.717, 1.165) is 0 Å². The maximum Gasteiger partial charge on any atom is 0.421 e. The lowest BCUT2D eigenvalue weighted by Gasteiger charge is -2.33. The van der Waals surface area contributed by atoms with E-state index in [1.54, 1.807) is 50.5 Å². The van der Waals surface area contributed by atoms with Gasteiger partial charge in [-0.1, -0.05) is 35.5 Å². The quantitative estimate of drug-likeness (QED) is 0.298. The molecule has 0 spiro atoms. The zero-order chi connectivity index (χ0) is 24.6.